The van der Waals surface area contributed by atoms with E-state index in [9.17, 15) is 14.4 Å². The standard InChI is InChI=1S/C20H23N3O4/c1-21-8-7-17(13-18(21)24)20(26)27-15-19(25)23-11-9-22(10-12-23)14-16-5-3-2-4-6-16/h2-8,13H,9-12,14-15H2,1H3. The fourth-order valence-corrected chi connectivity index (χ4v) is 2.97. The third-order valence-electron chi connectivity index (χ3n) is 4.64. The molecule has 2 aromatic rings. The fraction of sp³-hybridized carbons (Fsp3) is 0.350. The normalized spacial score (nSPS) is 14.8. The van der Waals surface area contributed by atoms with Crippen molar-refractivity contribution in [1.29, 1.82) is 0 Å². The van der Waals surface area contributed by atoms with Crippen LogP contribution in [0.4, 0.5) is 0 Å². The number of rotatable bonds is 5. The van der Waals surface area contributed by atoms with Gasteiger partial charge in [-0.05, 0) is 11.6 Å². The number of carbonyl (C=O) groups excluding carboxylic acids is 2. The average Bonchev–Trinajstić information content (AvgIpc) is 2.69. The number of pyridine rings is 1. The zero-order valence-electron chi connectivity index (χ0n) is 15.3. The summed E-state index contributed by atoms with van der Waals surface area (Å²) < 4.78 is 6.43. The van der Waals surface area contributed by atoms with Crippen molar-refractivity contribution in [3.05, 3.63) is 70.1 Å². The van der Waals surface area contributed by atoms with Crippen LogP contribution >= 0.6 is 0 Å². The van der Waals surface area contributed by atoms with Crippen LogP contribution < -0.4 is 5.56 Å². The second-order valence-electron chi connectivity index (χ2n) is 6.58. The van der Waals surface area contributed by atoms with E-state index in [0.717, 1.165) is 19.6 Å². The van der Waals surface area contributed by atoms with Gasteiger partial charge in [0.2, 0.25) is 0 Å². The number of esters is 1. The van der Waals surface area contributed by atoms with Crippen molar-refractivity contribution in [2.24, 2.45) is 7.05 Å². The first-order valence-corrected chi connectivity index (χ1v) is 8.91. The number of aryl methyl sites for hydroxylation is 1. The van der Waals surface area contributed by atoms with Crippen LogP contribution in [0.25, 0.3) is 0 Å². The first-order valence-electron chi connectivity index (χ1n) is 8.91. The Morgan fingerprint density at radius 3 is 2.41 bits per heavy atom. The molecule has 0 unspecified atom stereocenters. The molecule has 1 fully saturated rings. The highest BCUT2D eigenvalue weighted by atomic mass is 16.5. The van der Waals surface area contributed by atoms with Crippen molar-refractivity contribution >= 4 is 11.9 Å². The third-order valence-corrected chi connectivity index (χ3v) is 4.64. The van der Waals surface area contributed by atoms with Gasteiger partial charge in [0.1, 0.15) is 0 Å². The minimum absolute atomic E-state index is 0.151. The summed E-state index contributed by atoms with van der Waals surface area (Å²) in [7, 11) is 1.60. The number of amides is 1. The van der Waals surface area contributed by atoms with E-state index in [4.69, 9.17) is 4.74 Å². The lowest BCUT2D eigenvalue weighted by Gasteiger charge is -2.34. The van der Waals surface area contributed by atoms with Crippen molar-refractivity contribution in [3.8, 4) is 0 Å². The molecule has 1 aromatic carbocycles. The van der Waals surface area contributed by atoms with Crippen molar-refractivity contribution in [2.75, 3.05) is 32.8 Å². The fourth-order valence-electron chi connectivity index (χ4n) is 2.97. The number of hydrogen-bond donors (Lipinski definition) is 0. The Labute approximate surface area is 157 Å². The Kier molecular flexibility index (Phi) is 6.03. The molecule has 1 aliphatic rings. The maximum Gasteiger partial charge on any atom is 0.338 e. The minimum atomic E-state index is -0.663. The number of piperazine rings is 1. The van der Waals surface area contributed by atoms with Gasteiger partial charge in [-0.2, -0.15) is 0 Å². The largest absolute Gasteiger partial charge is 0.452 e. The highest BCUT2D eigenvalue weighted by molar-refractivity contribution is 5.91. The lowest BCUT2D eigenvalue weighted by molar-refractivity contribution is -0.136. The van der Waals surface area contributed by atoms with Gasteiger partial charge in [-0.3, -0.25) is 14.5 Å². The summed E-state index contributed by atoms with van der Waals surface area (Å²) in [5, 5.41) is 0. The maximum atomic E-state index is 12.3. The zero-order chi connectivity index (χ0) is 19.2. The first kappa shape index (κ1) is 18.8. The van der Waals surface area contributed by atoms with Crippen LogP contribution in [0.3, 0.4) is 0 Å². The second-order valence-corrected chi connectivity index (χ2v) is 6.58. The molecule has 0 bridgehead atoms. The lowest BCUT2D eigenvalue weighted by atomic mass is 10.2. The minimum Gasteiger partial charge on any atom is -0.452 e. The second kappa shape index (κ2) is 8.64. The Bertz CT molecular complexity index is 855. The van der Waals surface area contributed by atoms with E-state index in [1.165, 1.54) is 28.5 Å². The van der Waals surface area contributed by atoms with E-state index in [1.807, 2.05) is 18.2 Å². The number of benzene rings is 1. The number of ether oxygens (including phenoxy) is 1. The SMILES string of the molecule is Cn1ccc(C(=O)OCC(=O)N2CCN(Cc3ccccc3)CC2)cc1=O. The molecule has 1 aliphatic heterocycles. The van der Waals surface area contributed by atoms with Gasteiger partial charge in [0.15, 0.2) is 6.61 Å². The van der Waals surface area contributed by atoms with Crippen LogP contribution in [-0.4, -0.2) is 59.0 Å². The van der Waals surface area contributed by atoms with Crippen molar-refractivity contribution in [2.45, 2.75) is 6.54 Å². The molecule has 142 valence electrons. The van der Waals surface area contributed by atoms with Crippen molar-refractivity contribution in [1.82, 2.24) is 14.4 Å². The molecule has 0 aliphatic carbocycles. The predicted molar refractivity (Wildman–Crippen MR) is 100 cm³/mol. The summed E-state index contributed by atoms with van der Waals surface area (Å²) in [6.07, 6.45) is 1.49. The number of hydrogen-bond acceptors (Lipinski definition) is 5. The molecular formula is C20H23N3O4. The molecule has 0 spiro atoms. The van der Waals surface area contributed by atoms with Crippen LogP contribution in [0, 0.1) is 0 Å². The molecule has 0 N–H and O–H groups in total. The molecule has 3 rings (SSSR count). The molecule has 1 amide bonds. The van der Waals surface area contributed by atoms with E-state index in [2.05, 4.69) is 17.0 Å². The Hall–Kier alpha value is -2.93. The molecule has 7 heteroatoms. The Balaban J connectivity index is 1.44. The van der Waals surface area contributed by atoms with E-state index < -0.39 is 5.97 Å². The molecule has 7 nitrogen and oxygen atoms in total. The van der Waals surface area contributed by atoms with Gasteiger partial charge >= 0.3 is 5.97 Å². The Morgan fingerprint density at radius 2 is 1.74 bits per heavy atom. The van der Waals surface area contributed by atoms with Crippen LogP contribution in [0.2, 0.25) is 0 Å². The van der Waals surface area contributed by atoms with Crippen LogP contribution in [0.5, 0.6) is 0 Å². The average molecular weight is 369 g/mol. The van der Waals surface area contributed by atoms with Crippen LogP contribution in [0.1, 0.15) is 15.9 Å². The number of nitrogens with zero attached hydrogens (tertiary/aromatic N) is 3. The number of aromatic nitrogens is 1. The monoisotopic (exact) mass is 369 g/mol. The predicted octanol–water partition coefficient (Wildman–Crippen LogP) is 0.886. The van der Waals surface area contributed by atoms with Gasteiger partial charge in [-0.25, -0.2) is 4.79 Å². The van der Waals surface area contributed by atoms with Gasteiger partial charge in [-0.15, -0.1) is 0 Å². The molecular weight excluding hydrogens is 346 g/mol. The molecule has 2 heterocycles. The molecule has 0 atom stereocenters. The lowest BCUT2D eigenvalue weighted by Crippen LogP contribution is -2.49. The summed E-state index contributed by atoms with van der Waals surface area (Å²) in [6, 6.07) is 12.9. The van der Waals surface area contributed by atoms with Crippen LogP contribution in [0.15, 0.2) is 53.5 Å². The van der Waals surface area contributed by atoms with Gasteiger partial charge in [-0.1, -0.05) is 30.3 Å². The maximum absolute atomic E-state index is 12.3. The van der Waals surface area contributed by atoms with Crippen molar-refractivity contribution < 1.29 is 14.3 Å². The van der Waals surface area contributed by atoms with E-state index in [-0.39, 0.29) is 23.6 Å². The summed E-state index contributed by atoms with van der Waals surface area (Å²) in [6.45, 7) is 3.32. The van der Waals surface area contributed by atoms with E-state index in [1.54, 1.807) is 11.9 Å². The van der Waals surface area contributed by atoms with Gasteiger partial charge < -0.3 is 14.2 Å². The molecule has 1 saturated heterocycles. The number of carbonyl (C=O) groups is 2. The van der Waals surface area contributed by atoms with E-state index in [0.29, 0.717) is 13.1 Å². The van der Waals surface area contributed by atoms with Gasteiger partial charge in [0.25, 0.3) is 11.5 Å². The zero-order valence-corrected chi connectivity index (χ0v) is 15.3. The van der Waals surface area contributed by atoms with Crippen molar-refractivity contribution in [3.63, 3.8) is 0 Å². The third kappa shape index (κ3) is 5.04. The van der Waals surface area contributed by atoms with Gasteiger partial charge in [0.05, 0.1) is 5.56 Å². The van der Waals surface area contributed by atoms with Gasteiger partial charge in [0, 0.05) is 52.0 Å². The molecule has 0 saturated carbocycles. The summed E-state index contributed by atoms with van der Waals surface area (Å²) >= 11 is 0. The summed E-state index contributed by atoms with van der Waals surface area (Å²) in [5.41, 5.74) is 1.10. The molecule has 27 heavy (non-hydrogen) atoms. The highest BCUT2D eigenvalue weighted by Gasteiger charge is 2.22. The van der Waals surface area contributed by atoms with E-state index >= 15 is 0 Å². The smallest absolute Gasteiger partial charge is 0.338 e. The molecule has 1 aromatic heterocycles. The quantitative estimate of drug-likeness (QED) is 0.732. The topological polar surface area (TPSA) is 71.8 Å². The first-order chi connectivity index (χ1) is 13.0. The highest BCUT2D eigenvalue weighted by Crippen LogP contribution is 2.09. The summed E-state index contributed by atoms with van der Waals surface area (Å²) in [5.74, 6) is -0.879. The Morgan fingerprint density at radius 1 is 1.04 bits per heavy atom. The summed E-state index contributed by atoms with van der Waals surface area (Å²) in [4.78, 5) is 39.9. The van der Waals surface area contributed by atoms with Crippen LogP contribution in [-0.2, 0) is 23.1 Å². The molecule has 0 radical (unpaired) electrons.